The van der Waals surface area contributed by atoms with E-state index in [1.807, 2.05) is 56.0 Å². The van der Waals surface area contributed by atoms with Gasteiger partial charge in [0.2, 0.25) is 0 Å². The molecule has 0 aliphatic carbocycles. The summed E-state index contributed by atoms with van der Waals surface area (Å²) in [5.41, 5.74) is 12.3. The third-order valence-electron chi connectivity index (χ3n) is 7.31. The molecular weight excluding hydrogens is 516 g/mol. The fraction of sp³-hybridized carbons (Fsp3) is 0.300. The number of benzene rings is 2. The van der Waals surface area contributed by atoms with Crippen LogP contribution in [0.15, 0.2) is 42.5 Å². The molecule has 1 aliphatic rings. The minimum atomic E-state index is -0.280. The first-order chi connectivity index (χ1) is 18.1. The van der Waals surface area contributed by atoms with Crippen LogP contribution in [0.5, 0.6) is 0 Å². The number of carbonyl (C=O) groups is 2. The average Bonchev–Trinajstić information content (AvgIpc) is 3.21. The lowest BCUT2D eigenvalue weighted by Crippen LogP contribution is -2.37. The number of piperidine rings is 1. The number of carbonyl (C=O) groups excluding carboxylic acids is 2. The van der Waals surface area contributed by atoms with E-state index in [9.17, 15) is 9.59 Å². The van der Waals surface area contributed by atoms with Crippen LogP contribution in [0.3, 0.4) is 0 Å². The highest BCUT2D eigenvalue weighted by Gasteiger charge is 2.29. The van der Waals surface area contributed by atoms with E-state index in [0.717, 1.165) is 35.2 Å². The number of anilines is 2. The molecule has 2 amide bonds. The van der Waals surface area contributed by atoms with Gasteiger partial charge in [0.25, 0.3) is 11.8 Å². The average molecular weight is 547 g/mol. The zero-order chi connectivity index (χ0) is 27.1. The maximum Gasteiger partial charge on any atom is 0.266 e. The number of fused-ring (bicyclic) bond motifs is 1. The highest BCUT2D eigenvalue weighted by atomic mass is 35.5. The van der Waals surface area contributed by atoms with Crippen LogP contribution >= 0.6 is 22.9 Å². The Morgan fingerprint density at radius 3 is 2.42 bits per heavy atom. The van der Waals surface area contributed by atoms with Crippen molar-refractivity contribution in [3.05, 3.63) is 74.7 Å². The lowest BCUT2D eigenvalue weighted by Gasteiger charge is -2.30. The normalized spacial score (nSPS) is 14.2. The van der Waals surface area contributed by atoms with Crippen LogP contribution in [-0.2, 0) is 0 Å². The molecule has 4 aromatic rings. The van der Waals surface area contributed by atoms with Crippen molar-refractivity contribution in [2.45, 2.75) is 40.5 Å². The van der Waals surface area contributed by atoms with Crippen molar-refractivity contribution in [2.24, 2.45) is 5.92 Å². The minimum absolute atomic E-state index is 0.0709. The van der Waals surface area contributed by atoms with E-state index in [-0.39, 0.29) is 11.8 Å². The van der Waals surface area contributed by atoms with Gasteiger partial charge < -0.3 is 16.0 Å². The van der Waals surface area contributed by atoms with Crippen molar-refractivity contribution in [3.63, 3.8) is 0 Å². The van der Waals surface area contributed by atoms with Crippen LogP contribution < -0.4 is 11.1 Å². The van der Waals surface area contributed by atoms with Crippen LogP contribution in [0, 0.1) is 26.7 Å². The number of nitrogens with zero attached hydrogens (tertiary/aromatic N) is 2. The molecule has 5 rings (SSSR count). The molecule has 38 heavy (non-hydrogen) atoms. The Hall–Kier alpha value is -3.42. The molecule has 0 radical (unpaired) electrons. The van der Waals surface area contributed by atoms with Crippen molar-refractivity contribution < 1.29 is 9.59 Å². The molecule has 196 valence electrons. The van der Waals surface area contributed by atoms with E-state index in [2.05, 4.69) is 12.2 Å². The molecule has 3 N–H and O–H groups in total. The van der Waals surface area contributed by atoms with Gasteiger partial charge in [-0.2, -0.15) is 0 Å². The Kier molecular flexibility index (Phi) is 7.16. The van der Waals surface area contributed by atoms with Crippen LogP contribution in [0.25, 0.3) is 21.3 Å². The monoisotopic (exact) mass is 546 g/mol. The third kappa shape index (κ3) is 4.88. The van der Waals surface area contributed by atoms with Gasteiger partial charge in [0.05, 0.1) is 16.9 Å². The number of nitrogen functional groups attached to an aromatic ring is 1. The maximum absolute atomic E-state index is 13.8. The molecule has 3 heterocycles. The summed E-state index contributed by atoms with van der Waals surface area (Å²) in [4.78, 5) is 35.1. The summed E-state index contributed by atoms with van der Waals surface area (Å²) in [6, 6.07) is 13.2. The molecule has 6 nitrogen and oxygen atoms in total. The lowest BCUT2D eigenvalue weighted by molar-refractivity contribution is 0.0703. The van der Waals surface area contributed by atoms with Gasteiger partial charge >= 0.3 is 0 Å². The number of halogens is 1. The van der Waals surface area contributed by atoms with Gasteiger partial charge in [0.1, 0.15) is 9.71 Å². The lowest BCUT2D eigenvalue weighted by atomic mass is 9.94. The highest BCUT2D eigenvalue weighted by molar-refractivity contribution is 7.21. The Morgan fingerprint density at radius 1 is 1.08 bits per heavy atom. The molecule has 2 aromatic carbocycles. The second kappa shape index (κ2) is 10.4. The number of nitrogens with two attached hydrogens (primary N) is 1. The summed E-state index contributed by atoms with van der Waals surface area (Å²) in [5, 5.41) is 4.28. The van der Waals surface area contributed by atoms with Crippen LogP contribution in [0.2, 0.25) is 5.02 Å². The number of nitrogens with one attached hydrogen (secondary N) is 1. The Bertz CT molecular complexity index is 1550. The van der Waals surface area contributed by atoms with E-state index >= 15 is 0 Å². The number of rotatable bonds is 4. The van der Waals surface area contributed by atoms with Crippen LogP contribution in [0.4, 0.5) is 11.4 Å². The van der Waals surface area contributed by atoms with E-state index in [4.69, 9.17) is 22.3 Å². The molecule has 1 fully saturated rings. The van der Waals surface area contributed by atoms with E-state index in [0.29, 0.717) is 61.6 Å². The number of thiophene rings is 1. The largest absolute Gasteiger partial charge is 0.397 e. The Balaban J connectivity index is 1.67. The van der Waals surface area contributed by atoms with Crippen molar-refractivity contribution in [3.8, 4) is 11.1 Å². The SMILES string of the molecule is Cc1ccc(NC(=O)c2c(C)nc3sc(C(=O)N4CCC(C)CC4)c(N)c3c2-c2ccc(Cl)cc2)c(C)c1. The molecule has 0 spiro atoms. The van der Waals surface area contributed by atoms with Crippen molar-refractivity contribution in [1.82, 2.24) is 9.88 Å². The summed E-state index contributed by atoms with van der Waals surface area (Å²) in [5.74, 6) is 0.258. The first-order valence-corrected chi connectivity index (χ1v) is 14.0. The van der Waals surface area contributed by atoms with Crippen LogP contribution in [-0.4, -0.2) is 34.8 Å². The van der Waals surface area contributed by atoms with E-state index in [1.54, 1.807) is 12.1 Å². The molecule has 0 unspecified atom stereocenters. The zero-order valence-corrected chi connectivity index (χ0v) is 23.6. The molecule has 0 saturated carbocycles. The van der Waals surface area contributed by atoms with E-state index in [1.165, 1.54) is 11.3 Å². The fourth-order valence-electron chi connectivity index (χ4n) is 5.10. The number of aryl methyl sites for hydroxylation is 3. The van der Waals surface area contributed by atoms with Gasteiger partial charge in [-0.25, -0.2) is 4.98 Å². The topological polar surface area (TPSA) is 88.3 Å². The number of pyridine rings is 1. The summed E-state index contributed by atoms with van der Waals surface area (Å²) in [6.07, 6.45) is 1.96. The molecule has 0 atom stereocenters. The molecule has 8 heteroatoms. The molecule has 1 aliphatic heterocycles. The summed E-state index contributed by atoms with van der Waals surface area (Å²) in [6.45, 7) is 9.45. The van der Waals surface area contributed by atoms with Crippen molar-refractivity contribution in [2.75, 3.05) is 24.1 Å². The molecule has 2 aromatic heterocycles. The number of likely N-dealkylation sites (tertiary alicyclic amines) is 1. The van der Waals surface area contributed by atoms with Gasteiger partial charge in [-0.15, -0.1) is 11.3 Å². The predicted molar refractivity (Wildman–Crippen MR) is 157 cm³/mol. The number of hydrogen-bond acceptors (Lipinski definition) is 5. The zero-order valence-electron chi connectivity index (χ0n) is 22.0. The fourth-order valence-corrected chi connectivity index (χ4v) is 6.35. The van der Waals surface area contributed by atoms with Gasteiger partial charge in [-0.05, 0) is 68.9 Å². The summed E-state index contributed by atoms with van der Waals surface area (Å²) < 4.78 is 0. The maximum atomic E-state index is 13.8. The van der Waals surface area contributed by atoms with Crippen molar-refractivity contribution in [1.29, 1.82) is 0 Å². The highest BCUT2D eigenvalue weighted by Crippen LogP contribution is 2.43. The molecular formula is C30H31ClN4O2S. The minimum Gasteiger partial charge on any atom is -0.397 e. The van der Waals surface area contributed by atoms with Gasteiger partial charge in [0.15, 0.2) is 0 Å². The number of amides is 2. The van der Waals surface area contributed by atoms with Crippen LogP contribution in [0.1, 0.15) is 56.6 Å². The smallest absolute Gasteiger partial charge is 0.266 e. The van der Waals surface area contributed by atoms with Gasteiger partial charge in [-0.3, -0.25) is 9.59 Å². The molecule has 1 saturated heterocycles. The number of hydrogen-bond donors (Lipinski definition) is 2. The summed E-state index contributed by atoms with van der Waals surface area (Å²) in [7, 11) is 0. The van der Waals surface area contributed by atoms with Gasteiger partial charge in [0, 0.05) is 34.7 Å². The van der Waals surface area contributed by atoms with E-state index < -0.39 is 0 Å². The first-order valence-electron chi connectivity index (χ1n) is 12.8. The predicted octanol–water partition coefficient (Wildman–Crippen LogP) is 7.25. The Labute approximate surface area is 231 Å². The number of aromatic nitrogens is 1. The second-order valence-corrected chi connectivity index (χ2v) is 11.7. The van der Waals surface area contributed by atoms with Gasteiger partial charge in [-0.1, -0.05) is 48.4 Å². The standard InChI is InChI=1S/C30H31ClN4O2S/c1-16-11-13-35(14-12-16)30(37)27-26(32)25-24(20-6-8-21(31)9-7-20)23(19(4)33-29(25)38-27)28(36)34-22-10-5-17(2)15-18(22)3/h5-10,15-16H,11-14,32H2,1-4H3,(H,34,36). The quantitative estimate of drug-likeness (QED) is 0.282. The summed E-state index contributed by atoms with van der Waals surface area (Å²) >= 11 is 7.49. The first kappa shape index (κ1) is 26.2. The van der Waals surface area contributed by atoms with Crippen molar-refractivity contribution >= 4 is 56.3 Å². The third-order valence-corrected chi connectivity index (χ3v) is 8.65. The molecule has 0 bridgehead atoms. The Morgan fingerprint density at radius 2 is 1.76 bits per heavy atom. The second-order valence-electron chi connectivity index (χ2n) is 10.2.